The third-order valence-electron chi connectivity index (χ3n) is 5.13. The van der Waals surface area contributed by atoms with Gasteiger partial charge in [0.05, 0.1) is 12.8 Å². The zero-order chi connectivity index (χ0) is 21.3. The maximum Gasteiger partial charge on any atom is 0.387 e. The van der Waals surface area contributed by atoms with Crippen LogP contribution in [0, 0.1) is 5.92 Å². The minimum Gasteiger partial charge on any atom is -0.495 e. The minimum absolute atomic E-state index is 0.165. The summed E-state index contributed by atoms with van der Waals surface area (Å²) < 4.78 is 35.2. The molecule has 1 saturated heterocycles. The van der Waals surface area contributed by atoms with Crippen LogP contribution in [0.25, 0.3) is 0 Å². The summed E-state index contributed by atoms with van der Waals surface area (Å²) in [6, 6.07) is 14.8. The number of para-hydroxylation sites is 3. The number of nitrogens with zero attached hydrogens (tertiary/aromatic N) is 2. The molecular weight excluding hydrogens is 390 g/mol. The quantitative estimate of drug-likeness (QED) is 0.508. The van der Waals surface area contributed by atoms with Crippen LogP contribution in [0.3, 0.4) is 0 Å². The van der Waals surface area contributed by atoms with E-state index >= 15 is 0 Å². The smallest absolute Gasteiger partial charge is 0.387 e. The van der Waals surface area contributed by atoms with E-state index in [0.29, 0.717) is 24.0 Å². The second-order valence-electron chi connectivity index (χ2n) is 7.07. The maximum absolute atomic E-state index is 12.6. The van der Waals surface area contributed by atoms with Gasteiger partial charge >= 0.3 is 6.61 Å². The summed E-state index contributed by atoms with van der Waals surface area (Å²) >= 11 is 0. The van der Waals surface area contributed by atoms with Crippen molar-refractivity contribution in [2.45, 2.75) is 19.6 Å². The molecule has 0 aromatic heterocycles. The average molecular weight is 418 g/mol. The summed E-state index contributed by atoms with van der Waals surface area (Å²) in [5, 5.41) is 6.50. The molecule has 1 unspecified atom stereocenters. The molecule has 0 radical (unpaired) electrons. The number of hydrogen-bond acceptors (Lipinski definition) is 4. The highest BCUT2D eigenvalue weighted by Gasteiger charge is 2.24. The van der Waals surface area contributed by atoms with E-state index in [0.717, 1.165) is 37.5 Å². The molecule has 2 N–H and O–H groups in total. The van der Waals surface area contributed by atoms with Gasteiger partial charge in [0.15, 0.2) is 5.96 Å². The number of hydrogen-bond donors (Lipinski definition) is 2. The highest BCUT2D eigenvalue weighted by atomic mass is 19.3. The molecule has 1 atom stereocenters. The Morgan fingerprint density at radius 2 is 1.87 bits per heavy atom. The van der Waals surface area contributed by atoms with Crippen LogP contribution in [0.5, 0.6) is 11.5 Å². The number of ether oxygens (including phenoxy) is 2. The number of anilines is 1. The summed E-state index contributed by atoms with van der Waals surface area (Å²) in [7, 11) is 3.38. The topological polar surface area (TPSA) is 58.1 Å². The molecule has 1 fully saturated rings. The van der Waals surface area contributed by atoms with Crippen molar-refractivity contribution in [2.24, 2.45) is 10.9 Å². The van der Waals surface area contributed by atoms with Gasteiger partial charge in [-0.1, -0.05) is 30.3 Å². The fraction of sp³-hybridized carbons (Fsp3) is 0.409. The number of alkyl halides is 2. The van der Waals surface area contributed by atoms with Crippen LogP contribution < -0.4 is 25.0 Å². The SMILES string of the molecule is CN=C(NCc1ccccc1OC(F)F)NCC1CCN(c2ccccc2OC)C1. The van der Waals surface area contributed by atoms with E-state index in [9.17, 15) is 8.78 Å². The normalized spacial score (nSPS) is 16.6. The monoisotopic (exact) mass is 418 g/mol. The number of rotatable bonds is 8. The highest BCUT2D eigenvalue weighted by Crippen LogP contribution is 2.31. The molecule has 6 nitrogen and oxygen atoms in total. The first-order valence-corrected chi connectivity index (χ1v) is 9.96. The third-order valence-corrected chi connectivity index (χ3v) is 5.13. The maximum atomic E-state index is 12.6. The van der Waals surface area contributed by atoms with E-state index in [2.05, 4.69) is 31.3 Å². The molecule has 1 heterocycles. The van der Waals surface area contributed by atoms with Crippen LogP contribution >= 0.6 is 0 Å². The zero-order valence-corrected chi connectivity index (χ0v) is 17.3. The molecule has 0 saturated carbocycles. The van der Waals surface area contributed by atoms with Crippen molar-refractivity contribution < 1.29 is 18.3 Å². The van der Waals surface area contributed by atoms with E-state index in [-0.39, 0.29) is 5.75 Å². The molecule has 1 aliphatic rings. The lowest BCUT2D eigenvalue weighted by Crippen LogP contribution is -2.40. The minimum atomic E-state index is -2.85. The molecule has 0 aliphatic carbocycles. The Labute approximate surface area is 175 Å². The van der Waals surface area contributed by atoms with Gasteiger partial charge in [0, 0.05) is 38.8 Å². The van der Waals surface area contributed by atoms with Crippen molar-refractivity contribution in [3.63, 3.8) is 0 Å². The number of methoxy groups -OCH3 is 1. The second kappa shape index (κ2) is 10.7. The predicted octanol–water partition coefficient (Wildman–Crippen LogP) is 3.49. The summed E-state index contributed by atoms with van der Waals surface area (Å²) in [4.78, 5) is 6.56. The Kier molecular flexibility index (Phi) is 7.70. The van der Waals surface area contributed by atoms with Crippen molar-refractivity contribution in [1.29, 1.82) is 0 Å². The lowest BCUT2D eigenvalue weighted by atomic mass is 10.1. The molecule has 8 heteroatoms. The summed E-state index contributed by atoms with van der Waals surface area (Å²) in [5.74, 6) is 2.13. The van der Waals surface area contributed by atoms with Crippen molar-refractivity contribution in [3.8, 4) is 11.5 Å². The Hall–Kier alpha value is -3.03. The molecule has 0 spiro atoms. The molecular formula is C22H28F2N4O2. The van der Waals surface area contributed by atoms with Crippen LogP contribution in [0.15, 0.2) is 53.5 Å². The lowest BCUT2D eigenvalue weighted by molar-refractivity contribution is -0.0504. The number of benzene rings is 2. The van der Waals surface area contributed by atoms with E-state index in [4.69, 9.17) is 4.74 Å². The van der Waals surface area contributed by atoms with Gasteiger partial charge in [-0.2, -0.15) is 8.78 Å². The van der Waals surface area contributed by atoms with Gasteiger partial charge < -0.3 is 25.0 Å². The molecule has 2 aromatic carbocycles. The predicted molar refractivity (Wildman–Crippen MR) is 115 cm³/mol. The van der Waals surface area contributed by atoms with E-state index < -0.39 is 6.61 Å². The van der Waals surface area contributed by atoms with Crippen LogP contribution in [0.4, 0.5) is 14.5 Å². The van der Waals surface area contributed by atoms with E-state index in [1.165, 1.54) is 6.07 Å². The molecule has 3 rings (SSSR count). The van der Waals surface area contributed by atoms with Crippen LogP contribution in [-0.2, 0) is 6.54 Å². The number of nitrogens with one attached hydrogen (secondary N) is 2. The second-order valence-corrected chi connectivity index (χ2v) is 7.07. The summed E-state index contributed by atoms with van der Waals surface area (Å²) in [6.45, 7) is 0.144. The van der Waals surface area contributed by atoms with Gasteiger partial charge in [-0.05, 0) is 30.5 Å². The van der Waals surface area contributed by atoms with Gasteiger partial charge in [-0.15, -0.1) is 0 Å². The fourth-order valence-corrected chi connectivity index (χ4v) is 3.61. The van der Waals surface area contributed by atoms with Crippen LogP contribution in [0.2, 0.25) is 0 Å². The van der Waals surface area contributed by atoms with E-state index in [1.54, 1.807) is 32.4 Å². The molecule has 0 bridgehead atoms. The molecule has 1 aliphatic heterocycles. The van der Waals surface area contributed by atoms with E-state index in [1.807, 2.05) is 18.2 Å². The summed E-state index contributed by atoms with van der Waals surface area (Å²) in [6.07, 6.45) is 1.06. The van der Waals surface area contributed by atoms with Crippen molar-refractivity contribution >= 4 is 11.6 Å². The van der Waals surface area contributed by atoms with Gasteiger partial charge in [-0.3, -0.25) is 4.99 Å². The number of guanidine groups is 1. The zero-order valence-electron chi connectivity index (χ0n) is 17.3. The van der Waals surface area contributed by atoms with Crippen molar-refractivity contribution in [3.05, 3.63) is 54.1 Å². The van der Waals surface area contributed by atoms with Crippen LogP contribution in [-0.4, -0.2) is 46.4 Å². The Morgan fingerprint density at radius 1 is 1.13 bits per heavy atom. The molecule has 162 valence electrons. The Bertz CT molecular complexity index is 847. The highest BCUT2D eigenvalue weighted by molar-refractivity contribution is 5.79. The molecule has 2 aromatic rings. The average Bonchev–Trinajstić information content (AvgIpc) is 3.23. The van der Waals surface area contributed by atoms with Crippen LogP contribution in [0.1, 0.15) is 12.0 Å². The number of halogens is 2. The van der Waals surface area contributed by atoms with Gasteiger partial charge in [0.2, 0.25) is 0 Å². The third kappa shape index (κ3) is 5.75. The molecule has 30 heavy (non-hydrogen) atoms. The summed E-state index contributed by atoms with van der Waals surface area (Å²) in [5.41, 5.74) is 1.75. The first-order chi connectivity index (χ1) is 14.6. The Balaban J connectivity index is 1.50. The van der Waals surface area contributed by atoms with Gasteiger partial charge in [-0.25, -0.2) is 0 Å². The largest absolute Gasteiger partial charge is 0.495 e. The van der Waals surface area contributed by atoms with Gasteiger partial charge in [0.1, 0.15) is 11.5 Å². The lowest BCUT2D eigenvalue weighted by Gasteiger charge is -2.21. The number of aliphatic imine (C=N–C) groups is 1. The Morgan fingerprint density at radius 3 is 2.60 bits per heavy atom. The first kappa shape index (κ1) is 21.7. The first-order valence-electron chi connectivity index (χ1n) is 9.96. The van der Waals surface area contributed by atoms with Crippen molar-refractivity contribution in [1.82, 2.24) is 10.6 Å². The fourth-order valence-electron chi connectivity index (χ4n) is 3.61. The molecule has 0 amide bonds. The standard InChI is InChI=1S/C22H28F2N4O2/c1-25-22(27-14-17-7-3-5-9-19(17)30-21(23)24)26-13-16-11-12-28(15-16)18-8-4-6-10-20(18)29-2/h3-10,16,21H,11-15H2,1-2H3,(H2,25,26,27). The van der Waals surface area contributed by atoms with Gasteiger partial charge in [0.25, 0.3) is 0 Å². The van der Waals surface area contributed by atoms with Crippen molar-refractivity contribution in [2.75, 3.05) is 38.7 Å².